The average molecular weight is 351 g/mol. The first-order valence-electron chi connectivity index (χ1n) is 6.10. The first kappa shape index (κ1) is 15.2. The lowest BCUT2D eigenvalue weighted by Gasteiger charge is -2.08. The molecule has 0 radical (unpaired) electrons. The van der Waals surface area contributed by atoms with Crippen LogP contribution in [0.5, 0.6) is 0 Å². The van der Waals surface area contributed by atoms with Gasteiger partial charge < -0.3 is 10.6 Å². The second kappa shape index (κ2) is 6.49. The van der Waals surface area contributed by atoms with E-state index in [2.05, 4.69) is 26.6 Å². The molecule has 0 heterocycles. The molecule has 21 heavy (non-hydrogen) atoms. The molecule has 0 aliphatic carbocycles. The van der Waals surface area contributed by atoms with Gasteiger partial charge >= 0.3 is 0 Å². The summed E-state index contributed by atoms with van der Waals surface area (Å²) in [7, 11) is 1.54. The van der Waals surface area contributed by atoms with Crippen molar-refractivity contribution in [2.24, 2.45) is 0 Å². The number of nitrogens with one attached hydrogen (secondary N) is 2. The van der Waals surface area contributed by atoms with Crippen LogP contribution in [-0.2, 0) is 0 Å². The largest absolute Gasteiger partial charge is 0.355 e. The van der Waals surface area contributed by atoms with E-state index in [0.29, 0.717) is 15.7 Å². The molecule has 2 aromatic carbocycles. The van der Waals surface area contributed by atoms with Crippen LogP contribution < -0.4 is 10.6 Å². The molecule has 2 N–H and O–H groups in total. The topological polar surface area (TPSA) is 58.2 Å². The minimum atomic E-state index is -0.608. The predicted molar refractivity (Wildman–Crippen MR) is 81.9 cm³/mol. The van der Waals surface area contributed by atoms with E-state index in [9.17, 15) is 14.0 Å². The Morgan fingerprint density at radius 3 is 2.29 bits per heavy atom. The molecule has 0 spiro atoms. The van der Waals surface area contributed by atoms with Crippen LogP contribution in [0.2, 0.25) is 0 Å². The molecule has 108 valence electrons. The van der Waals surface area contributed by atoms with Crippen molar-refractivity contribution in [1.82, 2.24) is 5.32 Å². The van der Waals surface area contributed by atoms with Gasteiger partial charge in [0.05, 0.1) is 5.56 Å². The van der Waals surface area contributed by atoms with Crippen LogP contribution in [0.4, 0.5) is 10.1 Å². The summed E-state index contributed by atoms with van der Waals surface area (Å²) in [4.78, 5) is 23.5. The van der Waals surface area contributed by atoms with Crippen molar-refractivity contribution in [3.63, 3.8) is 0 Å². The van der Waals surface area contributed by atoms with Crippen molar-refractivity contribution in [2.75, 3.05) is 12.4 Å². The van der Waals surface area contributed by atoms with Gasteiger partial charge in [0.25, 0.3) is 11.8 Å². The van der Waals surface area contributed by atoms with Crippen LogP contribution in [0.1, 0.15) is 20.7 Å². The standard InChI is InChI=1S/C15H12BrFN2O2/c1-18-14(20)9-5-7-10(8-6-9)19-15(21)13-11(16)3-2-4-12(13)17/h2-8H,1H3,(H,18,20)(H,19,21). The van der Waals surface area contributed by atoms with E-state index in [4.69, 9.17) is 0 Å². The van der Waals surface area contributed by atoms with Crippen molar-refractivity contribution in [1.29, 1.82) is 0 Å². The monoisotopic (exact) mass is 350 g/mol. The number of halogens is 2. The van der Waals surface area contributed by atoms with Gasteiger partial charge in [-0.25, -0.2) is 4.39 Å². The summed E-state index contributed by atoms with van der Waals surface area (Å²) in [6.07, 6.45) is 0. The lowest BCUT2D eigenvalue weighted by molar-refractivity contribution is 0.0962. The van der Waals surface area contributed by atoms with Crippen LogP contribution in [-0.4, -0.2) is 18.9 Å². The second-order valence-corrected chi connectivity index (χ2v) is 5.06. The Balaban J connectivity index is 2.18. The lowest BCUT2D eigenvalue weighted by atomic mass is 10.1. The number of hydrogen-bond donors (Lipinski definition) is 2. The van der Waals surface area contributed by atoms with Crippen LogP contribution in [0.3, 0.4) is 0 Å². The zero-order valence-corrected chi connectivity index (χ0v) is 12.7. The molecule has 2 aromatic rings. The molecule has 0 atom stereocenters. The van der Waals surface area contributed by atoms with Crippen molar-refractivity contribution in [3.8, 4) is 0 Å². The van der Waals surface area contributed by atoms with Gasteiger partial charge in [-0.2, -0.15) is 0 Å². The van der Waals surface area contributed by atoms with Gasteiger partial charge in [-0.15, -0.1) is 0 Å². The summed E-state index contributed by atoms with van der Waals surface area (Å²) in [5.41, 5.74) is 0.887. The van der Waals surface area contributed by atoms with Crippen molar-refractivity contribution in [3.05, 3.63) is 63.9 Å². The Labute approximate surface area is 129 Å². The van der Waals surface area contributed by atoms with Gasteiger partial charge in [0.15, 0.2) is 0 Å². The van der Waals surface area contributed by atoms with E-state index in [-0.39, 0.29) is 11.5 Å². The van der Waals surface area contributed by atoms with Crippen LogP contribution in [0.25, 0.3) is 0 Å². The van der Waals surface area contributed by atoms with E-state index >= 15 is 0 Å². The lowest BCUT2D eigenvalue weighted by Crippen LogP contribution is -2.18. The molecular formula is C15H12BrFN2O2. The molecule has 2 rings (SSSR count). The molecule has 6 heteroatoms. The molecule has 0 saturated heterocycles. The Bertz CT molecular complexity index is 666. The highest BCUT2D eigenvalue weighted by atomic mass is 79.9. The highest BCUT2D eigenvalue weighted by molar-refractivity contribution is 9.10. The number of amides is 2. The van der Waals surface area contributed by atoms with Gasteiger partial charge in [-0.1, -0.05) is 6.07 Å². The summed E-state index contributed by atoms with van der Waals surface area (Å²) < 4.78 is 14.1. The fourth-order valence-corrected chi connectivity index (χ4v) is 2.28. The first-order valence-corrected chi connectivity index (χ1v) is 6.89. The smallest absolute Gasteiger partial charge is 0.259 e. The van der Waals surface area contributed by atoms with Crippen molar-refractivity contribution < 1.29 is 14.0 Å². The third-order valence-corrected chi connectivity index (χ3v) is 3.48. The Morgan fingerprint density at radius 1 is 1.05 bits per heavy atom. The fourth-order valence-electron chi connectivity index (χ4n) is 1.76. The number of carbonyl (C=O) groups excluding carboxylic acids is 2. The summed E-state index contributed by atoms with van der Waals surface area (Å²) in [5.74, 6) is -1.39. The molecule has 0 aromatic heterocycles. The highest BCUT2D eigenvalue weighted by Crippen LogP contribution is 2.21. The third kappa shape index (κ3) is 3.46. The number of anilines is 1. The zero-order valence-electron chi connectivity index (χ0n) is 11.1. The number of carbonyl (C=O) groups is 2. The number of rotatable bonds is 3. The molecular weight excluding hydrogens is 339 g/mol. The Hall–Kier alpha value is -2.21. The number of hydrogen-bond acceptors (Lipinski definition) is 2. The number of benzene rings is 2. The minimum Gasteiger partial charge on any atom is -0.355 e. The van der Waals surface area contributed by atoms with E-state index in [1.807, 2.05) is 0 Å². The maximum atomic E-state index is 13.7. The van der Waals surface area contributed by atoms with E-state index in [0.717, 1.165) is 0 Å². The van der Waals surface area contributed by atoms with Crippen LogP contribution >= 0.6 is 15.9 Å². The summed E-state index contributed by atoms with van der Waals surface area (Å²) >= 11 is 3.15. The predicted octanol–water partition coefficient (Wildman–Crippen LogP) is 3.20. The molecule has 2 amide bonds. The van der Waals surface area contributed by atoms with Crippen molar-refractivity contribution >= 4 is 33.4 Å². The minimum absolute atomic E-state index is 0.0622. The SMILES string of the molecule is CNC(=O)c1ccc(NC(=O)c2c(F)cccc2Br)cc1. The maximum Gasteiger partial charge on any atom is 0.259 e. The molecule has 0 unspecified atom stereocenters. The van der Waals surface area contributed by atoms with E-state index in [1.54, 1.807) is 30.3 Å². The molecule has 0 bridgehead atoms. The van der Waals surface area contributed by atoms with Crippen molar-refractivity contribution in [2.45, 2.75) is 0 Å². The third-order valence-electron chi connectivity index (χ3n) is 2.82. The normalized spacial score (nSPS) is 10.0. The van der Waals surface area contributed by atoms with E-state index < -0.39 is 11.7 Å². The maximum absolute atomic E-state index is 13.7. The Morgan fingerprint density at radius 2 is 1.71 bits per heavy atom. The molecule has 0 aliphatic heterocycles. The van der Waals surface area contributed by atoms with E-state index in [1.165, 1.54) is 19.2 Å². The summed E-state index contributed by atoms with van der Waals surface area (Å²) in [5, 5.41) is 5.08. The quantitative estimate of drug-likeness (QED) is 0.892. The highest BCUT2D eigenvalue weighted by Gasteiger charge is 2.15. The van der Waals surface area contributed by atoms with Gasteiger partial charge in [0, 0.05) is 22.8 Å². The van der Waals surface area contributed by atoms with Gasteiger partial charge in [0.1, 0.15) is 5.82 Å². The molecule has 0 aliphatic rings. The molecule has 0 fully saturated rings. The van der Waals surface area contributed by atoms with Gasteiger partial charge in [0.2, 0.25) is 0 Å². The van der Waals surface area contributed by atoms with Crippen LogP contribution in [0, 0.1) is 5.82 Å². The zero-order chi connectivity index (χ0) is 15.4. The van der Waals surface area contributed by atoms with Gasteiger partial charge in [-0.05, 0) is 52.3 Å². The molecule has 0 saturated carbocycles. The molecule has 4 nitrogen and oxygen atoms in total. The van der Waals surface area contributed by atoms with Gasteiger partial charge in [-0.3, -0.25) is 9.59 Å². The summed E-state index contributed by atoms with van der Waals surface area (Å²) in [6, 6.07) is 10.6. The fraction of sp³-hybridized carbons (Fsp3) is 0.0667. The summed E-state index contributed by atoms with van der Waals surface area (Å²) in [6.45, 7) is 0. The van der Waals surface area contributed by atoms with Crippen LogP contribution in [0.15, 0.2) is 46.9 Å². The average Bonchev–Trinajstić information content (AvgIpc) is 2.47. The first-order chi connectivity index (χ1) is 10.0. The Kier molecular flexibility index (Phi) is 4.70. The second-order valence-electron chi connectivity index (χ2n) is 4.21.